The lowest BCUT2D eigenvalue weighted by molar-refractivity contribution is 0.0977. The van der Waals surface area contributed by atoms with Crippen molar-refractivity contribution < 1.29 is 4.79 Å². The van der Waals surface area contributed by atoms with E-state index in [9.17, 15) is 4.79 Å². The summed E-state index contributed by atoms with van der Waals surface area (Å²) in [4.78, 5) is 23.5. The number of fused-ring (bicyclic) bond motifs is 2. The summed E-state index contributed by atoms with van der Waals surface area (Å²) in [6, 6.07) is 9.20. The molecule has 0 saturated carbocycles. The number of hydrogen-bond donors (Lipinski definition) is 0. The standard InChI is InChI=1S/C21H20BrCl2N3O/c22-7-1-9-26-10-5-21(6-11-26)14-27(18-3-2-16(23)13-17(18)21)20(28)15-4-8-25-19(24)12-15/h1-4,7-8,12-13H,5-6,9-11,14H2/b7-1+. The van der Waals surface area contributed by atoms with Gasteiger partial charge >= 0.3 is 0 Å². The maximum absolute atomic E-state index is 13.3. The SMILES string of the molecule is O=C(c1ccnc(Cl)c1)N1CC2(CCN(C/C=C/Br)CC2)c2cc(Cl)ccc21. The number of anilines is 1. The van der Waals surface area contributed by atoms with E-state index in [1.807, 2.05) is 28.1 Å². The Balaban J connectivity index is 1.65. The highest BCUT2D eigenvalue weighted by Gasteiger charge is 2.46. The van der Waals surface area contributed by atoms with Crippen LogP contribution in [-0.4, -0.2) is 42.0 Å². The van der Waals surface area contributed by atoms with E-state index in [4.69, 9.17) is 23.2 Å². The van der Waals surface area contributed by atoms with Gasteiger partial charge in [0.25, 0.3) is 5.91 Å². The van der Waals surface area contributed by atoms with Crippen LogP contribution in [-0.2, 0) is 5.41 Å². The number of benzene rings is 1. The van der Waals surface area contributed by atoms with Gasteiger partial charge < -0.3 is 4.90 Å². The van der Waals surface area contributed by atoms with E-state index < -0.39 is 0 Å². The second kappa shape index (κ2) is 8.15. The van der Waals surface area contributed by atoms with E-state index in [1.165, 1.54) is 5.56 Å². The third-order valence-electron chi connectivity index (χ3n) is 5.77. The molecule has 0 radical (unpaired) electrons. The molecule has 4 rings (SSSR count). The van der Waals surface area contributed by atoms with E-state index in [0.29, 0.717) is 22.3 Å². The summed E-state index contributed by atoms with van der Waals surface area (Å²) in [7, 11) is 0. The first kappa shape index (κ1) is 19.9. The molecule has 1 aromatic carbocycles. The first-order valence-electron chi connectivity index (χ1n) is 9.23. The highest BCUT2D eigenvalue weighted by atomic mass is 79.9. The van der Waals surface area contributed by atoms with Gasteiger partial charge in [-0.1, -0.05) is 45.2 Å². The smallest absolute Gasteiger partial charge is 0.258 e. The van der Waals surface area contributed by atoms with E-state index >= 15 is 0 Å². The van der Waals surface area contributed by atoms with E-state index in [0.717, 1.165) is 38.2 Å². The number of nitrogens with zero attached hydrogens (tertiary/aromatic N) is 3. The molecule has 1 fully saturated rings. The third kappa shape index (κ3) is 3.73. The second-order valence-corrected chi connectivity index (χ2v) is 8.71. The molecule has 0 unspecified atom stereocenters. The zero-order valence-electron chi connectivity index (χ0n) is 15.2. The Kier molecular flexibility index (Phi) is 5.79. The average molecular weight is 481 g/mol. The molecule has 2 aromatic rings. The first-order chi connectivity index (χ1) is 13.5. The summed E-state index contributed by atoms with van der Waals surface area (Å²) < 4.78 is 0. The minimum absolute atomic E-state index is 0.0469. The predicted octanol–water partition coefficient (Wildman–Crippen LogP) is 5.29. The second-order valence-electron chi connectivity index (χ2n) is 7.36. The van der Waals surface area contributed by atoms with Crippen LogP contribution in [0.3, 0.4) is 0 Å². The predicted molar refractivity (Wildman–Crippen MR) is 118 cm³/mol. The highest BCUT2D eigenvalue weighted by Crippen LogP contribution is 2.48. The van der Waals surface area contributed by atoms with E-state index in [2.05, 4.69) is 31.9 Å². The van der Waals surface area contributed by atoms with Crippen molar-refractivity contribution >= 4 is 50.7 Å². The van der Waals surface area contributed by atoms with Gasteiger partial charge in [-0.3, -0.25) is 9.69 Å². The molecule has 1 saturated heterocycles. The van der Waals surface area contributed by atoms with Crippen LogP contribution < -0.4 is 4.90 Å². The van der Waals surface area contributed by atoms with Gasteiger partial charge in [0.1, 0.15) is 5.15 Å². The van der Waals surface area contributed by atoms with Gasteiger partial charge in [-0.15, -0.1) is 0 Å². The van der Waals surface area contributed by atoms with Gasteiger partial charge in [-0.25, -0.2) is 4.98 Å². The number of likely N-dealkylation sites (tertiary alicyclic amines) is 1. The summed E-state index contributed by atoms with van der Waals surface area (Å²) in [5, 5.41) is 1.04. The fourth-order valence-corrected chi connectivity index (χ4v) is 4.81. The quantitative estimate of drug-likeness (QED) is 0.560. The van der Waals surface area contributed by atoms with Crippen LogP contribution in [0.4, 0.5) is 5.69 Å². The monoisotopic (exact) mass is 479 g/mol. The maximum atomic E-state index is 13.3. The molecule has 28 heavy (non-hydrogen) atoms. The van der Waals surface area contributed by atoms with E-state index in [-0.39, 0.29) is 11.3 Å². The molecule has 0 atom stereocenters. The van der Waals surface area contributed by atoms with Gasteiger partial charge in [-0.05, 0) is 66.8 Å². The van der Waals surface area contributed by atoms with Crippen molar-refractivity contribution in [2.75, 3.05) is 31.1 Å². The summed E-state index contributed by atoms with van der Waals surface area (Å²) in [5.41, 5.74) is 2.64. The summed E-state index contributed by atoms with van der Waals surface area (Å²) in [6.07, 6.45) is 5.68. The highest BCUT2D eigenvalue weighted by molar-refractivity contribution is 9.11. The van der Waals surface area contributed by atoms with Gasteiger partial charge in [0.05, 0.1) is 0 Å². The van der Waals surface area contributed by atoms with Crippen molar-refractivity contribution in [1.82, 2.24) is 9.88 Å². The molecule has 146 valence electrons. The number of amides is 1. The molecule has 0 N–H and O–H groups in total. The molecule has 2 aliphatic rings. The van der Waals surface area contributed by atoms with Gasteiger partial charge in [0.2, 0.25) is 0 Å². The Morgan fingerprint density at radius 3 is 2.71 bits per heavy atom. The molecule has 3 heterocycles. The number of piperidine rings is 1. The Morgan fingerprint density at radius 2 is 2.00 bits per heavy atom. The molecule has 4 nitrogen and oxygen atoms in total. The van der Waals surface area contributed by atoms with Crippen LogP contribution in [0.15, 0.2) is 47.6 Å². The summed E-state index contributed by atoms with van der Waals surface area (Å²) in [5.74, 6) is -0.0469. The Bertz CT molecular complexity index is 926. The Labute approximate surface area is 183 Å². The van der Waals surface area contributed by atoms with Crippen molar-refractivity contribution in [2.24, 2.45) is 0 Å². The van der Waals surface area contributed by atoms with Crippen LogP contribution in [0.25, 0.3) is 0 Å². The summed E-state index contributed by atoms with van der Waals surface area (Å²) in [6.45, 7) is 3.59. The number of hydrogen-bond acceptors (Lipinski definition) is 3. The number of carbonyl (C=O) groups excluding carboxylic acids is 1. The molecule has 1 amide bonds. The topological polar surface area (TPSA) is 36.4 Å². The number of pyridine rings is 1. The average Bonchev–Trinajstić information content (AvgIpc) is 3.00. The lowest BCUT2D eigenvalue weighted by Gasteiger charge is -2.39. The number of halogens is 3. The minimum atomic E-state index is -0.0542. The molecular weight excluding hydrogens is 461 g/mol. The normalized spacial score (nSPS) is 18.8. The molecule has 7 heteroatoms. The third-order valence-corrected chi connectivity index (χ3v) is 6.58. The van der Waals surface area contributed by atoms with Crippen molar-refractivity contribution in [1.29, 1.82) is 0 Å². The number of carbonyl (C=O) groups is 1. The van der Waals surface area contributed by atoms with Crippen LogP contribution in [0.1, 0.15) is 28.8 Å². The van der Waals surface area contributed by atoms with Gasteiger partial charge in [-0.2, -0.15) is 0 Å². The van der Waals surface area contributed by atoms with Gasteiger partial charge in [0.15, 0.2) is 0 Å². The van der Waals surface area contributed by atoms with Gasteiger partial charge in [0, 0.05) is 41.0 Å². The first-order valence-corrected chi connectivity index (χ1v) is 10.9. The van der Waals surface area contributed by atoms with Crippen molar-refractivity contribution in [3.63, 3.8) is 0 Å². The zero-order chi connectivity index (χ0) is 19.7. The zero-order valence-corrected chi connectivity index (χ0v) is 18.3. The maximum Gasteiger partial charge on any atom is 0.258 e. The largest absolute Gasteiger partial charge is 0.307 e. The van der Waals surface area contributed by atoms with Crippen LogP contribution in [0.5, 0.6) is 0 Å². The Hall–Kier alpha value is -1.40. The molecule has 1 spiro atoms. The van der Waals surface area contributed by atoms with Crippen LogP contribution in [0, 0.1) is 0 Å². The fourth-order valence-electron chi connectivity index (χ4n) is 4.29. The number of aromatic nitrogens is 1. The Morgan fingerprint density at radius 1 is 1.21 bits per heavy atom. The van der Waals surface area contributed by atoms with Crippen molar-refractivity contribution in [2.45, 2.75) is 18.3 Å². The molecule has 0 aliphatic carbocycles. The molecule has 0 bridgehead atoms. The summed E-state index contributed by atoms with van der Waals surface area (Å²) >= 11 is 15.7. The molecule has 2 aliphatic heterocycles. The van der Waals surface area contributed by atoms with Crippen molar-refractivity contribution in [3.05, 3.63) is 68.9 Å². The van der Waals surface area contributed by atoms with E-state index in [1.54, 1.807) is 18.3 Å². The molecular formula is C21H20BrCl2N3O. The van der Waals surface area contributed by atoms with Crippen molar-refractivity contribution in [3.8, 4) is 0 Å². The fraction of sp³-hybridized carbons (Fsp3) is 0.333. The minimum Gasteiger partial charge on any atom is -0.307 e. The van der Waals surface area contributed by atoms with Crippen LogP contribution >= 0.6 is 39.1 Å². The lowest BCUT2D eigenvalue weighted by atomic mass is 9.74. The lowest BCUT2D eigenvalue weighted by Crippen LogP contribution is -2.46. The molecule has 1 aromatic heterocycles. The number of rotatable bonds is 3. The van der Waals surface area contributed by atoms with Crippen LogP contribution in [0.2, 0.25) is 10.2 Å².